The molecule has 0 saturated heterocycles. The average molecular weight is 689 g/mol. The van der Waals surface area contributed by atoms with Gasteiger partial charge in [-0.2, -0.15) is 0 Å². The van der Waals surface area contributed by atoms with Crippen molar-refractivity contribution in [3.8, 4) is 39.1 Å². The lowest BCUT2D eigenvalue weighted by Crippen LogP contribution is -2.11. The lowest BCUT2D eigenvalue weighted by molar-refractivity contribution is 1.18. The zero-order valence-corrected chi connectivity index (χ0v) is 29.7. The van der Waals surface area contributed by atoms with Gasteiger partial charge < -0.3 is 9.47 Å². The molecule has 0 aliphatic heterocycles. The first-order valence-corrected chi connectivity index (χ1v) is 18.5. The highest BCUT2D eigenvalue weighted by molar-refractivity contribution is 6.24. The van der Waals surface area contributed by atoms with Crippen LogP contribution in [0, 0.1) is 0 Å². The molecule has 0 aliphatic carbocycles. The highest BCUT2D eigenvalue weighted by Crippen LogP contribution is 2.45. The maximum absolute atomic E-state index is 2.42. The fourth-order valence-corrected chi connectivity index (χ4v) is 8.13. The largest absolute Gasteiger partial charge is 0.310 e. The minimum Gasteiger partial charge on any atom is -0.310 e. The predicted molar refractivity (Wildman–Crippen MR) is 229 cm³/mol. The molecule has 2 heteroatoms. The Kier molecular flexibility index (Phi) is 7.85. The van der Waals surface area contributed by atoms with Crippen molar-refractivity contribution in [3.05, 3.63) is 218 Å². The molecule has 10 rings (SSSR count). The van der Waals surface area contributed by atoms with Gasteiger partial charge in [-0.1, -0.05) is 164 Å². The molecule has 1 heterocycles. The molecule has 0 unspecified atom stereocenters. The molecule has 0 aliphatic rings. The van der Waals surface area contributed by atoms with Crippen molar-refractivity contribution in [2.75, 3.05) is 4.90 Å². The summed E-state index contributed by atoms with van der Waals surface area (Å²) in [5, 5.41) is 5.03. The van der Waals surface area contributed by atoms with E-state index in [9.17, 15) is 0 Å². The van der Waals surface area contributed by atoms with Crippen LogP contribution in [0.5, 0.6) is 0 Å². The number of para-hydroxylation sites is 3. The smallest absolute Gasteiger partial charge is 0.0553 e. The van der Waals surface area contributed by atoms with Crippen LogP contribution < -0.4 is 4.90 Å². The number of aromatic nitrogens is 1. The molecule has 9 aromatic carbocycles. The van der Waals surface area contributed by atoms with Crippen molar-refractivity contribution in [2.24, 2.45) is 0 Å². The Hall–Kier alpha value is -7.16. The van der Waals surface area contributed by atoms with Gasteiger partial charge in [-0.25, -0.2) is 0 Å². The van der Waals surface area contributed by atoms with E-state index in [0.29, 0.717) is 0 Å². The molecule has 0 fully saturated rings. The van der Waals surface area contributed by atoms with Gasteiger partial charge in [-0.3, -0.25) is 0 Å². The molecule has 2 nitrogen and oxygen atoms in total. The van der Waals surface area contributed by atoms with Crippen LogP contribution in [0.4, 0.5) is 17.1 Å². The summed E-state index contributed by atoms with van der Waals surface area (Å²) < 4.78 is 2.42. The Balaban J connectivity index is 1.20. The van der Waals surface area contributed by atoms with E-state index in [1.54, 1.807) is 0 Å². The maximum atomic E-state index is 2.42. The zero-order chi connectivity index (χ0) is 35.8. The molecule has 254 valence electrons. The second-order valence-corrected chi connectivity index (χ2v) is 13.7. The van der Waals surface area contributed by atoms with Gasteiger partial charge in [-0.15, -0.1) is 0 Å². The molecule has 0 radical (unpaired) electrons. The second-order valence-electron chi connectivity index (χ2n) is 13.7. The minimum absolute atomic E-state index is 1.09. The number of rotatable bonds is 7. The van der Waals surface area contributed by atoms with Gasteiger partial charge in [0, 0.05) is 33.4 Å². The van der Waals surface area contributed by atoms with Crippen molar-refractivity contribution < 1.29 is 0 Å². The molecule has 0 atom stereocenters. The van der Waals surface area contributed by atoms with Crippen LogP contribution in [0.2, 0.25) is 0 Å². The SMILES string of the molecule is c1ccc(-c2ccc(N(c3cccc(-c4cc5c(c6ccccc46)c4ccccc4n5-c4ccccc4)c3)c3ccccc3-c3ccccc3)cc2)cc1. The third-order valence-corrected chi connectivity index (χ3v) is 10.6. The van der Waals surface area contributed by atoms with E-state index in [1.165, 1.54) is 66.0 Å². The molecule has 0 spiro atoms. The molecular weight excluding hydrogens is 653 g/mol. The van der Waals surface area contributed by atoms with E-state index in [0.717, 1.165) is 22.7 Å². The van der Waals surface area contributed by atoms with E-state index >= 15 is 0 Å². The second kappa shape index (κ2) is 13.4. The zero-order valence-electron chi connectivity index (χ0n) is 29.7. The number of hydrogen-bond acceptors (Lipinski definition) is 1. The Morgan fingerprint density at radius 2 is 0.889 bits per heavy atom. The van der Waals surface area contributed by atoms with Gasteiger partial charge in [0.15, 0.2) is 0 Å². The first kappa shape index (κ1) is 31.6. The number of anilines is 3. The molecule has 0 saturated carbocycles. The van der Waals surface area contributed by atoms with Gasteiger partial charge in [0.2, 0.25) is 0 Å². The normalized spacial score (nSPS) is 11.3. The third kappa shape index (κ3) is 5.44. The van der Waals surface area contributed by atoms with Crippen molar-refractivity contribution in [1.82, 2.24) is 4.57 Å². The summed E-state index contributed by atoms with van der Waals surface area (Å²) in [5.41, 5.74) is 14.0. The first-order chi connectivity index (χ1) is 26.8. The monoisotopic (exact) mass is 688 g/mol. The van der Waals surface area contributed by atoms with Crippen molar-refractivity contribution in [2.45, 2.75) is 0 Å². The molecule has 1 aromatic heterocycles. The highest BCUT2D eigenvalue weighted by atomic mass is 15.1. The van der Waals surface area contributed by atoms with Crippen LogP contribution in [0.3, 0.4) is 0 Å². The fraction of sp³-hybridized carbons (Fsp3) is 0. The summed E-state index contributed by atoms with van der Waals surface area (Å²) in [5.74, 6) is 0. The van der Waals surface area contributed by atoms with E-state index in [2.05, 4.69) is 228 Å². The Bertz CT molecular complexity index is 2910. The lowest BCUT2D eigenvalue weighted by Gasteiger charge is -2.28. The lowest BCUT2D eigenvalue weighted by atomic mass is 9.94. The standard InChI is InChI=1S/C52H36N2/c1-4-17-37(18-5-1)38-31-33-42(34-32-38)53(49-29-14-12-25-44(49)39-19-6-2-7-20-39)43-24-16-21-40(35-43)48-36-51-52(46-27-11-10-26-45(46)48)47-28-13-15-30-50(47)54(51)41-22-8-3-9-23-41/h1-36H. The number of benzene rings is 9. The Morgan fingerprint density at radius 1 is 0.315 bits per heavy atom. The van der Waals surface area contributed by atoms with Gasteiger partial charge >= 0.3 is 0 Å². The molecule has 0 bridgehead atoms. The Morgan fingerprint density at radius 3 is 1.65 bits per heavy atom. The van der Waals surface area contributed by atoms with Crippen LogP contribution in [0.15, 0.2) is 218 Å². The summed E-state index contributed by atoms with van der Waals surface area (Å²) in [6.45, 7) is 0. The summed E-state index contributed by atoms with van der Waals surface area (Å²) in [6.07, 6.45) is 0. The van der Waals surface area contributed by atoms with Crippen LogP contribution in [0.1, 0.15) is 0 Å². The molecular formula is C52H36N2. The number of hydrogen-bond donors (Lipinski definition) is 0. The minimum atomic E-state index is 1.09. The predicted octanol–water partition coefficient (Wildman–Crippen LogP) is 14.4. The average Bonchev–Trinajstić information content (AvgIpc) is 3.59. The topological polar surface area (TPSA) is 8.17 Å². The van der Waals surface area contributed by atoms with Crippen LogP contribution in [-0.4, -0.2) is 4.57 Å². The molecule has 0 N–H and O–H groups in total. The van der Waals surface area contributed by atoms with E-state index in [-0.39, 0.29) is 0 Å². The third-order valence-electron chi connectivity index (χ3n) is 10.6. The number of fused-ring (bicyclic) bond motifs is 5. The molecule has 54 heavy (non-hydrogen) atoms. The van der Waals surface area contributed by atoms with Crippen molar-refractivity contribution in [3.63, 3.8) is 0 Å². The fourth-order valence-electron chi connectivity index (χ4n) is 8.13. The Labute approximate surface area is 315 Å². The van der Waals surface area contributed by atoms with E-state index < -0.39 is 0 Å². The summed E-state index contributed by atoms with van der Waals surface area (Å²) in [7, 11) is 0. The molecule has 0 amide bonds. The highest BCUT2D eigenvalue weighted by Gasteiger charge is 2.20. The first-order valence-electron chi connectivity index (χ1n) is 18.5. The summed E-state index contributed by atoms with van der Waals surface area (Å²) in [4.78, 5) is 2.41. The van der Waals surface area contributed by atoms with E-state index in [1.807, 2.05) is 0 Å². The van der Waals surface area contributed by atoms with E-state index in [4.69, 9.17) is 0 Å². The quantitative estimate of drug-likeness (QED) is 0.162. The maximum Gasteiger partial charge on any atom is 0.0553 e. The number of nitrogens with zero attached hydrogens (tertiary/aromatic N) is 2. The van der Waals surface area contributed by atoms with Crippen molar-refractivity contribution in [1.29, 1.82) is 0 Å². The van der Waals surface area contributed by atoms with Crippen molar-refractivity contribution >= 4 is 49.6 Å². The van der Waals surface area contributed by atoms with Crippen LogP contribution in [-0.2, 0) is 0 Å². The van der Waals surface area contributed by atoms with Gasteiger partial charge in [0.05, 0.1) is 16.7 Å². The van der Waals surface area contributed by atoms with Gasteiger partial charge in [-0.05, 0) is 93.2 Å². The summed E-state index contributed by atoms with van der Waals surface area (Å²) in [6, 6.07) is 78.8. The van der Waals surface area contributed by atoms with Crippen LogP contribution in [0.25, 0.3) is 71.6 Å². The van der Waals surface area contributed by atoms with Gasteiger partial charge in [0.25, 0.3) is 0 Å². The molecule has 10 aromatic rings. The van der Waals surface area contributed by atoms with Gasteiger partial charge in [0.1, 0.15) is 0 Å². The van der Waals surface area contributed by atoms with Crippen LogP contribution >= 0.6 is 0 Å². The summed E-state index contributed by atoms with van der Waals surface area (Å²) >= 11 is 0.